The summed E-state index contributed by atoms with van der Waals surface area (Å²) in [7, 11) is -2.41. The van der Waals surface area contributed by atoms with Crippen molar-refractivity contribution in [2.75, 3.05) is 6.61 Å². The molecule has 0 amide bonds. The fourth-order valence-corrected chi connectivity index (χ4v) is 5.94. The minimum absolute atomic E-state index is 0.0485. The van der Waals surface area contributed by atoms with Gasteiger partial charge in [-0.3, -0.25) is 4.79 Å². The van der Waals surface area contributed by atoms with E-state index in [0.717, 1.165) is 10.8 Å². The summed E-state index contributed by atoms with van der Waals surface area (Å²) < 4.78 is 11.0. The Bertz CT molecular complexity index is 705. The third kappa shape index (κ3) is 6.00. The number of hydrogen-bond donors (Lipinski definition) is 2. The summed E-state index contributed by atoms with van der Waals surface area (Å²) in [6.07, 6.45) is -2.39. The fourth-order valence-electron chi connectivity index (χ4n) is 3.03. The third-order valence-corrected chi connectivity index (χ3v) is 8.33. The van der Waals surface area contributed by atoms with Crippen LogP contribution in [0.5, 0.6) is 0 Å². The topological polar surface area (TPSA) is 76.0 Å². The SMILES string of the molecule is CC(=O)O[C@@H]([C@@H](O)[C@H](O)COCc1ccccc1)[Si](C)(C)c1ccccc1. The van der Waals surface area contributed by atoms with Crippen molar-refractivity contribution in [2.45, 2.75) is 44.6 Å². The molecule has 0 aliphatic rings. The maximum Gasteiger partial charge on any atom is 0.302 e. The molecule has 0 saturated carbocycles. The Hall–Kier alpha value is -1.99. The van der Waals surface area contributed by atoms with E-state index >= 15 is 0 Å². The second-order valence-corrected chi connectivity index (χ2v) is 11.8. The van der Waals surface area contributed by atoms with Crippen LogP contribution < -0.4 is 5.19 Å². The molecule has 0 unspecified atom stereocenters. The molecular formula is C21H28O5Si. The number of esters is 1. The Morgan fingerprint density at radius 1 is 1.00 bits per heavy atom. The van der Waals surface area contributed by atoms with E-state index in [9.17, 15) is 15.0 Å². The standard InChI is InChI=1S/C21H28O5Si/c1-16(22)26-21(27(2,3)18-12-8-5-9-13-18)20(24)19(23)15-25-14-17-10-6-4-7-11-17/h4-13,19-21,23-24H,14-15H2,1-3H3/t19-,20+,21-/m1/s1. The molecule has 2 aromatic rings. The molecule has 2 rings (SSSR count). The van der Waals surface area contributed by atoms with Gasteiger partial charge in [0, 0.05) is 6.92 Å². The lowest BCUT2D eigenvalue weighted by Gasteiger charge is -2.37. The van der Waals surface area contributed by atoms with Crippen LogP contribution in [0, 0.1) is 0 Å². The van der Waals surface area contributed by atoms with E-state index < -0.39 is 32.0 Å². The maximum atomic E-state index is 11.6. The minimum atomic E-state index is -2.41. The highest BCUT2D eigenvalue weighted by Gasteiger charge is 2.43. The normalized spacial score (nSPS) is 15.0. The molecule has 6 heteroatoms. The second-order valence-electron chi connectivity index (χ2n) is 7.18. The van der Waals surface area contributed by atoms with E-state index in [0.29, 0.717) is 6.61 Å². The smallest absolute Gasteiger partial charge is 0.302 e. The summed E-state index contributed by atoms with van der Waals surface area (Å²) in [5.74, 6) is -0.479. The first kappa shape index (κ1) is 21.3. The van der Waals surface area contributed by atoms with Crippen LogP contribution in [0.1, 0.15) is 12.5 Å². The van der Waals surface area contributed by atoms with Crippen LogP contribution in [0.2, 0.25) is 13.1 Å². The Morgan fingerprint density at radius 2 is 1.56 bits per heavy atom. The number of benzene rings is 2. The molecule has 0 aliphatic heterocycles. The highest BCUT2D eigenvalue weighted by molar-refractivity contribution is 6.91. The summed E-state index contributed by atoms with van der Waals surface area (Å²) in [4.78, 5) is 11.6. The molecule has 0 heterocycles. The van der Waals surface area contributed by atoms with Gasteiger partial charge in [-0.25, -0.2) is 0 Å². The lowest BCUT2D eigenvalue weighted by molar-refractivity contribution is -0.152. The van der Waals surface area contributed by atoms with E-state index in [-0.39, 0.29) is 6.61 Å². The first-order chi connectivity index (χ1) is 12.8. The van der Waals surface area contributed by atoms with Crippen molar-refractivity contribution >= 4 is 19.2 Å². The quantitative estimate of drug-likeness (QED) is 0.508. The average Bonchev–Trinajstić information content (AvgIpc) is 2.66. The van der Waals surface area contributed by atoms with Crippen LogP contribution in [-0.4, -0.2) is 48.8 Å². The van der Waals surface area contributed by atoms with Gasteiger partial charge in [0.1, 0.15) is 26.0 Å². The van der Waals surface area contributed by atoms with E-state index in [4.69, 9.17) is 9.47 Å². The molecule has 2 N–H and O–H groups in total. The molecule has 0 spiro atoms. The molecule has 2 aromatic carbocycles. The van der Waals surface area contributed by atoms with Crippen molar-refractivity contribution in [3.63, 3.8) is 0 Å². The van der Waals surface area contributed by atoms with Gasteiger partial charge in [0.05, 0.1) is 13.2 Å². The number of aliphatic hydroxyl groups excluding tert-OH is 2. The molecule has 0 saturated heterocycles. The Morgan fingerprint density at radius 3 is 2.11 bits per heavy atom. The molecule has 3 atom stereocenters. The lowest BCUT2D eigenvalue weighted by Crippen LogP contribution is -2.62. The van der Waals surface area contributed by atoms with Gasteiger partial charge in [-0.1, -0.05) is 78.9 Å². The summed E-state index contributed by atoms with van der Waals surface area (Å²) in [6, 6.07) is 19.3. The van der Waals surface area contributed by atoms with E-state index in [1.165, 1.54) is 6.92 Å². The molecule has 27 heavy (non-hydrogen) atoms. The molecule has 0 radical (unpaired) electrons. The van der Waals surface area contributed by atoms with Gasteiger partial charge < -0.3 is 19.7 Å². The van der Waals surface area contributed by atoms with E-state index in [2.05, 4.69) is 0 Å². The number of hydrogen-bond acceptors (Lipinski definition) is 5. The van der Waals surface area contributed by atoms with Crippen LogP contribution in [0.4, 0.5) is 0 Å². The highest BCUT2D eigenvalue weighted by atomic mass is 28.3. The number of carbonyl (C=O) groups excluding carboxylic acids is 1. The van der Waals surface area contributed by atoms with Crippen molar-refractivity contribution in [1.82, 2.24) is 0 Å². The Kier molecular flexibility index (Phi) is 7.74. The third-order valence-electron chi connectivity index (χ3n) is 4.63. The van der Waals surface area contributed by atoms with Gasteiger partial charge >= 0.3 is 5.97 Å². The summed E-state index contributed by atoms with van der Waals surface area (Å²) in [5, 5.41) is 22.2. The van der Waals surface area contributed by atoms with E-state index in [1.54, 1.807) is 0 Å². The van der Waals surface area contributed by atoms with Gasteiger partial charge in [0.15, 0.2) is 0 Å². The van der Waals surface area contributed by atoms with Gasteiger partial charge in [-0.15, -0.1) is 0 Å². The predicted octanol–water partition coefficient (Wildman–Crippen LogP) is 2.01. The largest absolute Gasteiger partial charge is 0.463 e. The van der Waals surface area contributed by atoms with Gasteiger partial charge in [-0.05, 0) is 5.56 Å². The van der Waals surface area contributed by atoms with Crippen molar-refractivity contribution in [2.24, 2.45) is 0 Å². The molecule has 0 fully saturated rings. The molecule has 0 aromatic heterocycles. The van der Waals surface area contributed by atoms with Crippen LogP contribution in [-0.2, 0) is 20.9 Å². The first-order valence-corrected chi connectivity index (χ1v) is 12.1. The number of rotatable bonds is 9. The van der Waals surface area contributed by atoms with E-state index in [1.807, 2.05) is 73.8 Å². The molecule has 0 bridgehead atoms. The summed E-state index contributed by atoms with van der Waals surface area (Å²) in [5.41, 5.74) is 0.197. The molecule has 146 valence electrons. The Labute approximate surface area is 161 Å². The molecular weight excluding hydrogens is 360 g/mol. The number of aliphatic hydroxyl groups is 2. The van der Waals surface area contributed by atoms with Crippen molar-refractivity contribution < 1.29 is 24.5 Å². The van der Waals surface area contributed by atoms with Crippen molar-refractivity contribution in [1.29, 1.82) is 0 Å². The van der Waals surface area contributed by atoms with Crippen LogP contribution in [0.15, 0.2) is 60.7 Å². The zero-order valence-electron chi connectivity index (χ0n) is 16.0. The lowest BCUT2D eigenvalue weighted by atomic mass is 10.2. The zero-order valence-corrected chi connectivity index (χ0v) is 17.0. The average molecular weight is 389 g/mol. The summed E-state index contributed by atoms with van der Waals surface area (Å²) in [6.45, 7) is 5.62. The summed E-state index contributed by atoms with van der Waals surface area (Å²) >= 11 is 0. The van der Waals surface area contributed by atoms with Gasteiger partial charge in [0.25, 0.3) is 0 Å². The van der Waals surface area contributed by atoms with Crippen LogP contribution >= 0.6 is 0 Å². The number of ether oxygens (including phenoxy) is 2. The Balaban J connectivity index is 2.06. The maximum absolute atomic E-state index is 11.6. The number of carbonyl (C=O) groups is 1. The van der Waals surface area contributed by atoms with Gasteiger partial charge in [-0.2, -0.15) is 0 Å². The van der Waals surface area contributed by atoms with Crippen molar-refractivity contribution in [3.05, 3.63) is 66.2 Å². The molecule has 0 aliphatic carbocycles. The minimum Gasteiger partial charge on any atom is -0.463 e. The zero-order chi connectivity index (χ0) is 19.9. The fraction of sp³-hybridized carbons (Fsp3) is 0.381. The second kappa shape index (κ2) is 9.80. The van der Waals surface area contributed by atoms with Crippen LogP contribution in [0.3, 0.4) is 0 Å². The first-order valence-electron chi connectivity index (χ1n) is 9.03. The van der Waals surface area contributed by atoms with Crippen molar-refractivity contribution in [3.8, 4) is 0 Å². The monoisotopic (exact) mass is 388 g/mol. The highest BCUT2D eigenvalue weighted by Crippen LogP contribution is 2.19. The molecule has 5 nitrogen and oxygen atoms in total. The predicted molar refractivity (Wildman–Crippen MR) is 107 cm³/mol. The van der Waals surface area contributed by atoms with Crippen LogP contribution in [0.25, 0.3) is 0 Å². The van der Waals surface area contributed by atoms with Gasteiger partial charge in [0.2, 0.25) is 0 Å².